The van der Waals surface area contributed by atoms with Crippen molar-refractivity contribution in [3.8, 4) is 0 Å². The lowest BCUT2D eigenvalue weighted by Crippen LogP contribution is -2.32. The quantitative estimate of drug-likeness (QED) is 0.299. The zero-order chi connectivity index (χ0) is 23.7. The number of ether oxygens (including phenoxy) is 1. The van der Waals surface area contributed by atoms with Crippen molar-refractivity contribution in [2.24, 2.45) is 0 Å². The van der Waals surface area contributed by atoms with Gasteiger partial charge in [-0.15, -0.1) is 0 Å². The minimum absolute atomic E-state index is 0.655. The third-order valence-electron chi connectivity index (χ3n) is 7.19. The lowest BCUT2D eigenvalue weighted by molar-refractivity contribution is -0.0132. The van der Waals surface area contributed by atoms with Crippen molar-refractivity contribution < 1.29 is 4.74 Å². The number of pyridine rings is 2. The molecule has 1 aromatic carbocycles. The third-order valence-corrected chi connectivity index (χ3v) is 7.19. The highest BCUT2D eigenvalue weighted by molar-refractivity contribution is 5.52. The first-order valence-corrected chi connectivity index (χ1v) is 12.5. The molecule has 0 saturated heterocycles. The fourth-order valence-corrected chi connectivity index (χ4v) is 5.08. The van der Waals surface area contributed by atoms with Gasteiger partial charge < -0.3 is 4.74 Å². The molecule has 0 spiro atoms. The Morgan fingerprint density at radius 1 is 0.800 bits per heavy atom. The molecule has 0 N–H and O–H groups in total. The standard InChI is InChI=1S/C29H31N5O/c1-29(27-20-25-12-4-6-16-33(25)30-27,28-21-26-13-5-7-17-34(26)31-28)35-19-9-8-15-32-18-14-23-10-2-3-11-24(23)22-32/h2-7,10-13,16-17,20-21H,8-9,14-15,18-19,22H2,1H3. The monoisotopic (exact) mass is 465 g/mol. The maximum absolute atomic E-state index is 6.64. The topological polar surface area (TPSA) is 47.1 Å². The Balaban J connectivity index is 1.16. The molecular formula is C29H31N5O. The number of fused-ring (bicyclic) bond motifs is 3. The number of nitrogens with zero attached hydrogens (tertiary/aromatic N) is 5. The number of rotatable bonds is 8. The van der Waals surface area contributed by atoms with Gasteiger partial charge in [0.1, 0.15) is 11.4 Å². The van der Waals surface area contributed by atoms with Crippen LogP contribution in [0, 0.1) is 0 Å². The first-order chi connectivity index (χ1) is 17.2. The van der Waals surface area contributed by atoms with Gasteiger partial charge in [-0.2, -0.15) is 10.2 Å². The second-order valence-corrected chi connectivity index (χ2v) is 9.58. The van der Waals surface area contributed by atoms with Gasteiger partial charge in [0.2, 0.25) is 0 Å². The van der Waals surface area contributed by atoms with E-state index in [1.165, 1.54) is 11.1 Å². The summed E-state index contributed by atoms with van der Waals surface area (Å²) in [6, 6.07) is 25.2. The van der Waals surface area contributed by atoms with Crippen molar-refractivity contribution in [2.45, 2.75) is 38.3 Å². The largest absolute Gasteiger partial charge is 0.362 e. The van der Waals surface area contributed by atoms with E-state index in [0.29, 0.717) is 6.61 Å². The van der Waals surface area contributed by atoms with Crippen LogP contribution in [0.4, 0.5) is 0 Å². The van der Waals surface area contributed by atoms with E-state index in [1.54, 1.807) is 0 Å². The lowest BCUT2D eigenvalue weighted by Gasteiger charge is -2.29. The zero-order valence-corrected chi connectivity index (χ0v) is 20.2. The van der Waals surface area contributed by atoms with Crippen LogP contribution in [-0.2, 0) is 23.3 Å². The summed E-state index contributed by atoms with van der Waals surface area (Å²) in [6.07, 6.45) is 7.19. The molecule has 178 valence electrons. The highest BCUT2D eigenvalue weighted by Crippen LogP contribution is 2.33. The number of unbranched alkanes of at least 4 members (excludes halogenated alkanes) is 1. The Morgan fingerprint density at radius 2 is 1.43 bits per heavy atom. The summed E-state index contributed by atoms with van der Waals surface area (Å²) in [6.45, 7) is 6.03. The van der Waals surface area contributed by atoms with Gasteiger partial charge in [0.25, 0.3) is 0 Å². The van der Waals surface area contributed by atoms with E-state index in [9.17, 15) is 0 Å². The maximum Gasteiger partial charge on any atom is 0.153 e. The van der Waals surface area contributed by atoms with Gasteiger partial charge >= 0.3 is 0 Å². The van der Waals surface area contributed by atoms with Crippen LogP contribution in [-0.4, -0.2) is 43.8 Å². The van der Waals surface area contributed by atoms with Crippen LogP contribution in [0.3, 0.4) is 0 Å². The van der Waals surface area contributed by atoms with Crippen molar-refractivity contribution in [1.29, 1.82) is 0 Å². The second kappa shape index (κ2) is 9.29. The molecule has 1 aliphatic rings. The van der Waals surface area contributed by atoms with Gasteiger partial charge in [0.05, 0.1) is 11.0 Å². The summed E-state index contributed by atoms with van der Waals surface area (Å²) in [5, 5.41) is 9.72. The van der Waals surface area contributed by atoms with Crippen molar-refractivity contribution in [3.63, 3.8) is 0 Å². The summed E-state index contributed by atoms with van der Waals surface area (Å²) in [5.41, 5.74) is 6.09. The Morgan fingerprint density at radius 3 is 2.09 bits per heavy atom. The van der Waals surface area contributed by atoms with E-state index in [4.69, 9.17) is 14.9 Å². The van der Waals surface area contributed by atoms with E-state index in [0.717, 1.165) is 61.3 Å². The van der Waals surface area contributed by atoms with Crippen LogP contribution in [0.2, 0.25) is 0 Å². The molecular weight excluding hydrogens is 434 g/mol. The summed E-state index contributed by atoms with van der Waals surface area (Å²) in [5.74, 6) is 0. The minimum Gasteiger partial charge on any atom is -0.362 e. The van der Waals surface area contributed by atoms with E-state index in [-0.39, 0.29) is 0 Å². The molecule has 6 rings (SSSR count). The Bertz CT molecular complexity index is 1310. The van der Waals surface area contributed by atoms with Crippen molar-refractivity contribution in [1.82, 2.24) is 24.1 Å². The van der Waals surface area contributed by atoms with Crippen molar-refractivity contribution in [2.75, 3.05) is 19.7 Å². The smallest absolute Gasteiger partial charge is 0.153 e. The lowest BCUT2D eigenvalue weighted by atomic mass is 9.97. The van der Waals surface area contributed by atoms with Crippen LogP contribution in [0.15, 0.2) is 85.2 Å². The fraction of sp³-hybridized carbons (Fsp3) is 0.310. The number of benzene rings is 1. The molecule has 0 fully saturated rings. The van der Waals surface area contributed by atoms with Crippen LogP contribution in [0.5, 0.6) is 0 Å². The predicted molar refractivity (Wildman–Crippen MR) is 137 cm³/mol. The van der Waals surface area contributed by atoms with E-state index < -0.39 is 5.60 Å². The summed E-state index contributed by atoms with van der Waals surface area (Å²) >= 11 is 0. The molecule has 6 nitrogen and oxygen atoms in total. The molecule has 0 unspecified atom stereocenters. The highest BCUT2D eigenvalue weighted by Gasteiger charge is 2.35. The first kappa shape index (κ1) is 22.0. The highest BCUT2D eigenvalue weighted by atomic mass is 16.5. The Hall–Kier alpha value is -3.48. The summed E-state index contributed by atoms with van der Waals surface area (Å²) < 4.78 is 10.4. The number of hydrogen-bond acceptors (Lipinski definition) is 4. The molecule has 0 amide bonds. The molecule has 4 aromatic heterocycles. The van der Waals surface area contributed by atoms with E-state index in [1.807, 2.05) is 45.7 Å². The molecule has 5 aromatic rings. The molecule has 35 heavy (non-hydrogen) atoms. The van der Waals surface area contributed by atoms with Crippen LogP contribution < -0.4 is 0 Å². The molecule has 5 heterocycles. The van der Waals surface area contributed by atoms with Gasteiger partial charge in [0, 0.05) is 32.1 Å². The van der Waals surface area contributed by atoms with E-state index in [2.05, 4.69) is 60.4 Å². The predicted octanol–water partition coefficient (Wildman–Crippen LogP) is 5.10. The molecule has 6 heteroatoms. The Kier molecular flexibility index (Phi) is 5.84. The average molecular weight is 466 g/mol. The maximum atomic E-state index is 6.64. The normalized spacial score (nSPS) is 14.5. The van der Waals surface area contributed by atoms with Gasteiger partial charge in [-0.1, -0.05) is 36.4 Å². The fourth-order valence-electron chi connectivity index (χ4n) is 5.08. The third kappa shape index (κ3) is 4.35. The molecule has 0 radical (unpaired) electrons. The number of hydrogen-bond donors (Lipinski definition) is 0. The molecule has 0 saturated carbocycles. The first-order valence-electron chi connectivity index (χ1n) is 12.5. The average Bonchev–Trinajstić information content (AvgIpc) is 3.53. The molecule has 1 aliphatic heterocycles. The van der Waals surface area contributed by atoms with Crippen LogP contribution in [0.1, 0.15) is 42.3 Å². The van der Waals surface area contributed by atoms with Gasteiger partial charge in [-0.05, 0) is 80.3 Å². The van der Waals surface area contributed by atoms with Crippen molar-refractivity contribution >= 4 is 11.0 Å². The zero-order valence-electron chi connectivity index (χ0n) is 20.2. The van der Waals surface area contributed by atoms with Gasteiger partial charge in [0.15, 0.2) is 5.60 Å². The summed E-state index contributed by atoms with van der Waals surface area (Å²) in [4.78, 5) is 2.56. The van der Waals surface area contributed by atoms with Gasteiger partial charge in [-0.3, -0.25) is 4.90 Å². The Labute approximate surface area is 205 Å². The van der Waals surface area contributed by atoms with Crippen LogP contribution >= 0.6 is 0 Å². The van der Waals surface area contributed by atoms with Crippen LogP contribution in [0.25, 0.3) is 11.0 Å². The molecule has 0 bridgehead atoms. The summed E-state index contributed by atoms with van der Waals surface area (Å²) in [7, 11) is 0. The van der Waals surface area contributed by atoms with Gasteiger partial charge in [-0.25, -0.2) is 9.03 Å². The second-order valence-electron chi connectivity index (χ2n) is 9.58. The SMILES string of the molecule is CC(OCCCCN1CCc2ccccc2C1)(c1cc2ccccn2n1)c1cc2ccccn2n1. The minimum atomic E-state index is -0.734. The number of aromatic nitrogens is 4. The van der Waals surface area contributed by atoms with E-state index >= 15 is 0 Å². The van der Waals surface area contributed by atoms with Crippen molar-refractivity contribution in [3.05, 3.63) is 108 Å². The molecule has 0 aliphatic carbocycles. The molecule has 0 atom stereocenters.